The Balaban J connectivity index is 3.21. The highest BCUT2D eigenvalue weighted by molar-refractivity contribution is 5.57. The normalized spacial score (nSPS) is 8.70. The van der Waals surface area contributed by atoms with E-state index in [4.69, 9.17) is 0 Å². The molecule has 0 fully saturated rings. The van der Waals surface area contributed by atoms with Gasteiger partial charge in [-0.15, -0.1) is 4.39 Å². The van der Waals surface area contributed by atoms with Crippen LogP contribution in [0.1, 0.15) is 6.42 Å². The van der Waals surface area contributed by atoms with Gasteiger partial charge < -0.3 is 4.74 Å². The maximum absolute atomic E-state index is 11.2. The summed E-state index contributed by atoms with van der Waals surface area (Å²) >= 11 is 0. The number of carbonyl (C=O) groups is 1. The number of rotatable bonds is 3. The van der Waals surface area contributed by atoms with E-state index in [-0.39, 0.29) is 13.0 Å². The Labute approximate surface area is 55.3 Å². The van der Waals surface area contributed by atoms with Gasteiger partial charge in [0, 0.05) is 6.42 Å². The standard InChI is InChI=1S/C5H5F3O2/c6-4(7)2-1-3-10-5(8)9/h2H,1,3H2. The molecule has 0 aliphatic carbocycles. The van der Waals surface area contributed by atoms with Crippen LogP contribution in [0.2, 0.25) is 0 Å². The second-order valence-corrected chi connectivity index (χ2v) is 1.37. The zero-order chi connectivity index (χ0) is 7.98. The minimum absolute atomic E-state index is 0.169. The molecule has 0 rings (SSSR count). The van der Waals surface area contributed by atoms with Crippen molar-refractivity contribution in [2.45, 2.75) is 6.42 Å². The van der Waals surface area contributed by atoms with Crippen LogP contribution >= 0.6 is 0 Å². The first-order valence-corrected chi connectivity index (χ1v) is 2.46. The van der Waals surface area contributed by atoms with Crippen LogP contribution in [0, 0.1) is 0 Å². The monoisotopic (exact) mass is 154 g/mol. The van der Waals surface area contributed by atoms with Gasteiger partial charge >= 0.3 is 6.22 Å². The minimum atomic E-state index is -1.95. The van der Waals surface area contributed by atoms with E-state index in [1.807, 2.05) is 0 Å². The lowest BCUT2D eigenvalue weighted by Gasteiger charge is -1.92. The molecular weight excluding hydrogens is 149 g/mol. The highest BCUT2D eigenvalue weighted by Crippen LogP contribution is 1.98. The molecular formula is C5H5F3O2. The third-order valence-electron chi connectivity index (χ3n) is 0.632. The predicted octanol–water partition coefficient (Wildman–Crippen LogP) is 2.26. The number of ether oxygens (including phenoxy) is 1. The van der Waals surface area contributed by atoms with E-state index in [2.05, 4.69) is 4.74 Å². The van der Waals surface area contributed by atoms with Gasteiger partial charge in [0.2, 0.25) is 0 Å². The van der Waals surface area contributed by atoms with Gasteiger partial charge in [0.25, 0.3) is 6.08 Å². The molecule has 0 unspecified atom stereocenters. The van der Waals surface area contributed by atoms with Crippen molar-refractivity contribution in [3.63, 3.8) is 0 Å². The summed E-state index contributed by atoms with van der Waals surface area (Å²) in [4.78, 5) is 9.39. The molecule has 0 bridgehead atoms. The molecule has 0 heterocycles. The SMILES string of the molecule is O=C(F)OCCC=C(F)F. The van der Waals surface area contributed by atoms with Crippen LogP contribution in [0.4, 0.5) is 18.0 Å². The highest BCUT2D eigenvalue weighted by atomic mass is 19.3. The summed E-state index contributed by atoms with van der Waals surface area (Å²) in [6.07, 6.45) is -3.44. The van der Waals surface area contributed by atoms with Gasteiger partial charge in [0.15, 0.2) is 0 Å². The lowest BCUT2D eigenvalue weighted by molar-refractivity contribution is 0.122. The molecule has 10 heavy (non-hydrogen) atoms. The van der Waals surface area contributed by atoms with E-state index in [9.17, 15) is 18.0 Å². The van der Waals surface area contributed by atoms with E-state index < -0.39 is 12.3 Å². The highest BCUT2D eigenvalue weighted by Gasteiger charge is 1.95. The first-order chi connectivity index (χ1) is 4.63. The zero-order valence-electron chi connectivity index (χ0n) is 4.94. The first kappa shape index (κ1) is 9.00. The summed E-state index contributed by atoms with van der Waals surface area (Å²) in [5.74, 6) is 0. The zero-order valence-corrected chi connectivity index (χ0v) is 4.94. The molecule has 2 nitrogen and oxygen atoms in total. The number of halogens is 3. The van der Waals surface area contributed by atoms with Crippen molar-refractivity contribution in [1.29, 1.82) is 0 Å². The van der Waals surface area contributed by atoms with E-state index in [0.717, 1.165) is 0 Å². The van der Waals surface area contributed by atoms with Crippen molar-refractivity contribution in [3.05, 3.63) is 12.2 Å². The Bertz CT molecular complexity index is 140. The van der Waals surface area contributed by atoms with Crippen LogP contribution in [-0.4, -0.2) is 12.8 Å². The predicted molar refractivity (Wildman–Crippen MR) is 27.4 cm³/mol. The lowest BCUT2D eigenvalue weighted by atomic mass is 10.4. The van der Waals surface area contributed by atoms with Crippen LogP contribution in [0.5, 0.6) is 0 Å². The molecule has 0 aromatic carbocycles. The minimum Gasteiger partial charge on any atom is -0.440 e. The molecule has 5 heteroatoms. The Morgan fingerprint density at radius 1 is 1.40 bits per heavy atom. The maximum atomic E-state index is 11.2. The molecule has 0 aliphatic heterocycles. The van der Waals surface area contributed by atoms with Gasteiger partial charge in [-0.25, -0.2) is 4.79 Å². The van der Waals surface area contributed by atoms with Crippen molar-refractivity contribution >= 4 is 6.22 Å². The van der Waals surface area contributed by atoms with Crippen LogP contribution in [-0.2, 0) is 4.74 Å². The molecule has 0 aromatic heterocycles. The fourth-order valence-electron chi connectivity index (χ4n) is 0.307. The quantitative estimate of drug-likeness (QED) is 0.460. The summed E-state index contributed by atoms with van der Waals surface area (Å²) in [5, 5.41) is 0. The Kier molecular flexibility index (Phi) is 4.36. The molecule has 0 aromatic rings. The molecule has 0 radical (unpaired) electrons. The van der Waals surface area contributed by atoms with E-state index >= 15 is 0 Å². The number of hydrogen-bond donors (Lipinski definition) is 0. The number of carbonyl (C=O) groups excluding carboxylic acids is 1. The van der Waals surface area contributed by atoms with Gasteiger partial charge in [-0.1, -0.05) is 0 Å². The van der Waals surface area contributed by atoms with Crippen molar-refractivity contribution in [2.75, 3.05) is 6.61 Å². The van der Waals surface area contributed by atoms with Crippen LogP contribution in [0.15, 0.2) is 12.2 Å². The van der Waals surface area contributed by atoms with Crippen molar-refractivity contribution in [1.82, 2.24) is 0 Å². The van der Waals surface area contributed by atoms with Crippen LogP contribution < -0.4 is 0 Å². The Morgan fingerprint density at radius 3 is 2.40 bits per heavy atom. The average molecular weight is 154 g/mol. The summed E-state index contributed by atoms with van der Waals surface area (Å²) in [5.41, 5.74) is 0. The van der Waals surface area contributed by atoms with E-state index in [0.29, 0.717) is 6.08 Å². The second kappa shape index (κ2) is 4.84. The fraction of sp³-hybridized carbons (Fsp3) is 0.400. The molecule has 58 valence electrons. The Morgan fingerprint density at radius 2 is 2.00 bits per heavy atom. The molecule has 0 saturated heterocycles. The van der Waals surface area contributed by atoms with E-state index in [1.54, 1.807) is 0 Å². The first-order valence-electron chi connectivity index (χ1n) is 2.46. The van der Waals surface area contributed by atoms with Gasteiger partial charge in [-0.05, 0) is 6.08 Å². The van der Waals surface area contributed by atoms with Gasteiger partial charge in [0.1, 0.15) is 0 Å². The summed E-state index contributed by atoms with van der Waals surface area (Å²) in [6, 6.07) is 0. The largest absolute Gasteiger partial charge is 0.495 e. The lowest BCUT2D eigenvalue weighted by Crippen LogP contribution is -1.95. The maximum Gasteiger partial charge on any atom is 0.495 e. The molecule has 0 amide bonds. The third-order valence-corrected chi connectivity index (χ3v) is 0.632. The number of hydrogen-bond acceptors (Lipinski definition) is 2. The van der Waals surface area contributed by atoms with Gasteiger partial charge in [-0.3, -0.25) is 0 Å². The molecule has 0 N–H and O–H groups in total. The van der Waals surface area contributed by atoms with Crippen LogP contribution in [0.25, 0.3) is 0 Å². The second-order valence-electron chi connectivity index (χ2n) is 1.37. The Hall–Kier alpha value is -1.00. The molecule has 0 aliphatic rings. The molecule has 0 saturated carbocycles. The van der Waals surface area contributed by atoms with E-state index in [1.165, 1.54) is 0 Å². The summed E-state index contributed by atoms with van der Waals surface area (Å²) in [7, 11) is 0. The van der Waals surface area contributed by atoms with Crippen LogP contribution in [0.3, 0.4) is 0 Å². The summed E-state index contributed by atoms with van der Waals surface area (Å²) < 4.78 is 37.2. The molecule has 0 atom stereocenters. The van der Waals surface area contributed by atoms with Crippen molar-refractivity contribution < 1.29 is 22.7 Å². The van der Waals surface area contributed by atoms with Crippen molar-refractivity contribution in [2.24, 2.45) is 0 Å². The third kappa shape index (κ3) is 7.00. The van der Waals surface area contributed by atoms with Gasteiger partial charge in [-0.2, -0.15) is 8.78 Å². The summed E-state index contributed by atoms with van der Waals surface area (Å²) in [6.45, 7) is -0.354. The molecule has 0 spiro atoms. The average Bonchev–Trinajstić information content (AvgIpc) is 1.79. The topological polar surface area (TPSA) is 26.3 Å². The van der Waals surface area contributed by atoms with Crippen molar-refractivity contribution in [3.8, 4) is 0 Å². The fourth-order valence-corrected chi connectivity index (χ4v) is 0.307. The van der Waals surface area contributed by atoms with Gasteiger partial charge in [0.05, 0.1) is 6.61 Å². The smallest absolute Gasteiger partial charge is 0.440 e.